The van der Waals surface area contributed by atoms with Crippen LogP contribution in [0.15, 0.2) is 41.3 Å². The molecule has 0 unspecified atom stereocenters. The highest BCUT2D eigenvalue weighted by atomic mass is 32.2. The highest BCUT2D eigenvalue weighted by Crippen LogP contribution is 2.43. The topological polar surface area (TPSA) is 0 Å². The Morgan fingerprint density at radius 3 is 2.50 bits per heavy atom. The third-order valence-corrected chi connectivity index (χ3v) is 4.67. The van der Waals surface area contributed by atoms with Crippen LogP contribution in [0.2, 0.25) is 0 Å². The zero-order valence-electron chi connectivity index (χ0n) is 9.79. The van der Waals surface area contributed by atoms with Crippen LogP contribution in [0.1, 0.15) is 25.8 Å². The van der Waals surface area contributed by atoms with Crippen LogP contribution in [0, 0.1) is 0 Å². The summed E-state index contributed by atoms with van der Waals surface area (Å²) in [4.78, 5) is 1.48. The summed E-state index contributed by atoms with van der Waals surface area (Å²) < 4.78 is 0.398. The highest BCUT2D eigenvalue weighted by Gasteiger charge is 2.25. The van der Waals surface area contributed by atoms with Gasteiger partial charge < -0.3 is 0 Å². The van der Waals surface area contributed by atoms with Gasteiger partial charge in [-0.2, -0.15) is 0 Å². The van der Waals surface area contributed by atoms with E-state index in [1.54, 1.807) is 0 Å². The second-order valence-corrected chi connectivity index (χ2v) is 6.92. The van der Waals surface area contributed by atoms with Crippen molar-refractivity contribution in [2.75, 3.05) is 0 Å². The van der Waals surface area contributed by atoms with E-state index < -0.39 is 0 Å². The summed E-state index contributed by atoms with van der Waals surface area (Å²) >= 11 is 2.03. The lowest BCUT2D eigenvalue weighted by Crippen LogP contribution is -2.20. The highest BCUT2D eigenvalue weighted by molar-refractivity contribution is 8.00. The molecule has 0 amide bonds. The Labute approximate surface area is 101 Å². The molecule has 16 heavy (non-hydrogen) atoms. The second-order valence-electron chi connectivity index (χ2n) is 5.17. The maximum Gasteiger partial charge on any atom is 0.0154 e. The van der Waals surface area contributed by atoms with Gasteiger partial charge in [0.25, 0.3) is 0 Å². The van der Waals surface area contributed by atoms with Gasteiger partial charge in [0.2, 0.25) is 0 Å². The predicted molar refractivity (Wildman–Crippen MR) is 72.2 cm³/mol. The number of hydrogen-bond donors (Lipinski definition) is 0. The minimum atomic E-state index is 0.398. The third-order valence-electron chi connectivity index (χ3n) is 3.31. The zero-order valence-corrected chi connectivity index (χ0v) is 10.6. The molecule has 2 aromatic rings. The lowest BCUT2D eigenvalue weighted by molar-refractivity contribution is 0.622. The molecule has 1 heterocycles. The molecule has 3 rings (SSSR count). The van der Waals surface area contributed by atoms with Crippen molar-refractivity contribution in [1.82, 2.24) is 0 Å². The first-order valence-electron chi connectivity index (χ1n) is 5.85. The van der Waals surface area contributed by atoms with Crippen LogP contribution in [0.25, 0.3) is 10.8 Å². The number of fused-ring (bicyclic) bond motifs is 2. The van der Waals surface area contributed by atoms with Crippen molar-refractivity contribution in [2.45, 2.75) is 36.3 Å². The Bertz CT molecular complexity index is 540. The number of rotatable bonds is 0. The Morgan fingerprint density at radius 2 is 1.75 bits per heavy atom. The van der Waals surface area contributed by atoms with Gasteiger partial charge in [-0.3, -0.25) is 0 Å². The molecule has 0 atom stereocenters. The smallest absolute Gasteiger partial charge is 0.0154 e. The molecule has 0 aromatic heterocycles. The van der Waals surface area contributed by atoms with E-state index in [1.165, 1.54) is 34.1 Å². The van der Waals surface area contributed by atoms with Gasteiger partial charge >= 0.3 is 0 Å². The molecule has 1 heteroatoms. The van der Waals surface area contributed by atoms with E-state index in [4.69, 9.17) is 0 Å². The second kappa shape index (κ2) is 3.53. The maximum absolute atomic E-state index is 2.37. The molecule has 1 aliphatic heterocycles. The molecule has 0 nitrogen and oxygen atoms in total. The quantitative estimate of drug-likeness (QED) is 0.632. The molecule has 2 aromatic carbocycles. The van der Waals surface area contributed by atoms with E-state index >= 15 is 0 Å². The van der Waals surface area contributed by atoms with Crippen molar-refractivity contribution in [2.24, 2.45) is 0 Å². The summed E-state index contributed by atoms with van der Waals surface area (Å²) in [6.07, 6.45) is 2.50. The van der Waals surface area contributed by atoms with Gasteiger partial charge in [-0.15, -0.1) is 11.8 Å². The molecule has 0 radical (unpaired) electrons. The minimum Gasteiger partial charge on any atom is -0.120 e. The fourth-order valence-electron chi connectivity index (χ4n) is 2.34. The van der Waals surface area contributed by atoms with Crippen molar-refractivity contribution in [1.29, 1.82) is 0 Å². The van der Waals surface area contributed by atoms with E-state index in [2.05, 4.69) is 50.2 Å². The van der Waals surface area contributed by atoms with Gasteiger partial charge in [0.05, 0.1) is 0 Å². The fourth-order valence-corrected chi connectivity index (χ4v) is 3.62. The van der Waals surface area contributed by atoms with Crippen molar-refractivity contribution < 1.29 is 0 Å². The molecular formula is C15H16S. The molecule has 0 saturated carbocycles. The lowest BCUT2D eigenvalue weighted by atomic mass is 9.98. The van der Waals surface area contributed by atoms with Crippen molar-refractivity contribution >= 4 is 22.5 Å². The van der Waals surface area contributed by atoms with Gasteiger partial charge in [0, 0.05) is 9.64 Å². The van der Waals surface area contributed by atoms with Gasteiger partial charge in [0.1, 0.15) is 0 Å². The van der Waals surface area contributed by atoms with Crippen LogP contribution < -0.4 is 0 Å². The van der Waals surface area contributed by atoms with Crippen LogP contribution in [-0.2, 0) is 6.42 Å². The summed E-state index contributed by atoms with van der Waals surface area (Å²) in [6.45, 7) is 4.69. The Balaban J connectivity index is 2.17. The standard InChI is InChI=1S/C15H16S/c1-15(2)8-7-13-9-11-5-3-4-6-12(11)10-14(13)16-15/h3-6,9-10H,7-8H2,1-2H3. The Kier molecular flexibility index (Phi) is 2.25. The van der Waals surface area contributed by atoms with E-state index in [0.29, 0.717) is 4.75 Å². The first-order valence-corrected chi connectivity index (χ1v) is 6.66. The zero-order chi connectivity index (χ0) is 11.2. The molecule has 0 spiro atoms. The normalized spacial score (nSPS) is 18.4. The van der Waals surface area contributed by atoms with E-state index in [-0.39, 0.29) is 0 Å². The average molecular weight is 228 g/mol. The number of aryl methyl sites for hydroxylation is 1. The molecule has 0 N–H and O–H groups in total. The Hall–Kier alpha value is -0.950. The van der Waals surface area contributed by atoms with E-state index in [1.807, 2.05) is 11.8 Å². The summed E-state index contributed by atoms with van der Waals surface area (Å²) in [7, 11) is 0. The molecule has 0 saturated heterocycles. The minimum absolute atomic E-state index is 0.398. The molecule has 0 fully saturated rings. The van der Waals surface area contributed by atoms with Crippen LogP contribution in [0.3, 0.4) is 0 Å². The molecule has 82 valence electrons. The van der Waals surface area contributed by atoms with Crippen molar-refractivity contribution in [3.63, 3.8) is 0 Å². The summed E-state index contributed by atoms with van der Waals surface area (Å²) in [6, 6.07) is 13.4. The average Bonchev–Trinajstić information content (AvgIpc) is 2.25. The molecular weight excluding hydrogens is 212 g/mol. The van der Waals surface area contributed by atoms with E-state index in [9.17, 15) is 0 Å². The van der Waals surface area contributed by atoms with Crippen LogP contribution in [0.5, 0.6) is 0 Å². The van der Waals surface area contributed by atoms with Gasteiger partial charge in [-0.1, -0.05) is 44.2 Å². The van der Waals surface area contributed by atoms with Crippen molar-refractivity contribution in [3.05, 3.63) is 42.0 Å². The summed E-state index contributed by atoms with van der Waals surface area (Å²) in [5, 5.41) is 2.74. The predicted octanol–water partition coefficient (Wildman–Crippen LogP) is 4.66. The monoisotopic (exact) mass is 228 g/mol. The van der Waals surface area contributed by atoms with Crippen LogP contribution >= 0.6 is 11.8 Å². The van der Waals surface area contributed by atoms with Gasteiger partial charge in [0.15, 0.2) is 0 Å². The molecule has 0 aliphatic carbocycles. The van der Waals surface area contributed by atoms with E-state index in [0.717, 1.165) is 0 Å². The summed E-state index contributed by atoms with van der Waals surface area (Å²) in [5.74, 6) is 0. The Morgan fingerprint density at radius 1 is 1.06 bits per heavy atom. The third kappa shape index (κ3) is 1.73. The lowest BCUT2D eigenvalue weighted by Gasteiger charge is -2.30. The SMILES string of the molecule is CC1(C)CCc2cc3ccccc3cc2S1. The number of benzene rings is 2. The summed E-state index contributed by atoms with van der Waals surface area (Å²) in [5.41, 5.74) is 1.53. The van der Waals surface area contributed by atoms with Crippen LogP contribution in [-0.4, -0.2) is 4.75 Å². The molecule has 0 bridgehead atoms. The van der Waals surface area contributed by atoms with Crippen molar-refractivity contribution in [3.8, 4) is 0 Å². The van der Waals surface area contributed by atoms with Gasteiger partial charge in [-0.25, -0.2) is 0 Å². The first-order chi connectivity index (χ1) is 7.64. The van der Waals surface area contributed by atoms with Gasteiger partial charge in [-0.05, 0) is 35.2 Å². The maximum atomic E-state index is 2.37. The van der Waals surface area contributed by atoms with Crippen LogP contribution in [0.4, 0.5) is 0 Å². The number of hydrogen-bond acceptors (Lipinski definition) is 1. The number of thioether (sulfide) groups is 1. The molecule has 1 aliphatic rings. The fraction of sp³-hybridized carbons (Fsp3) is 0.333. The first kappa shape index (κ1) is 10.2. The largest absolute Gasteiger partial charge is 0.120 e.